The van der Waals surface area contributed by atoms with Crippen LogP contribution in [-0.4, -0.2) is 17.6 Å². The van der Waals surface area contributed by atoms with Gasteiger partial charge in [-0.05, 0) is 373 Å². The Morgan fingerprint density at radius 1 is 0.118 bits per heavy atom. The van der Waals surface area contributed by atoms with Gasteiger partial charge in [0.05, 0.1) is 66.2 Å². The fourth-order valence-corrected chi connectivity index (χ4v) is 25.4. The normalized spacial score (nSPS) is 12.6. The number of fused-ring (bicyclic) bond motifs is 28. The van der Waals surface area contributed by atoms with E-state index in [4.69, 9.17) is 0 Å². The molecule has 0 radical (unpaired) electrons. The summed E-state index contributed by atoms with van der Waals surface area (Å²) < 4.78 is 10.3. The summed E-state index contributed by atoms with van der Waals surface area (Å²) in [6.45, 7) is 18.0. The number of nitrogens with zero attached hydrogens (tertiary/aromatic N) is 4. The maximum atomic E-state index is 2.60. The molecule has 0 amide bonds. The number of hydrogen-bond acceptors (Lipinski definition) is 0. The Labute approximate surface area is 783 Å². The second-order valence-corrected chi connectivity index (χ2v) is 39.6. The molecule has 30 aromatic rings. The van der Waals surface area contributed by atoms with E-state index in [1.54, 1.807) is 0 Å². The molecule has 0 bridgehead atoms. The summed E-state index contributed by atoms with van der Waals surface area (Å²) in [6.07, 6.45) is 0. The third-order valence-electron chi connectivity index (χ3n) is 31.1. The first-order valence-corrected chi connectivity index (χ1v) is 47.9. The third-order valence-corrected chi connectivity index (χ3v) is 31.1. The lowest BCUT2D eigenvalue weighted by Gasteiger charge is -2.22. The minimum absolute atomic E-state index is 1.15. The van der Waals surface area contributed by atoms with Crippen LogP contribution in [0, 0.1) is 55.4 Å². The summed E-state index contributed by atoms with van der Waals surface area (Å²) >= 11 is 0. The minimum Gasteiger partial charge on any atom is -0.308 e. The van der Waals surface area contributed by atoms with Crippen LogP contribution in [0.25, 0.3) is 296 Å². The van der Waals surface area contributed by atoms with Crippen LogP contribution in [0.4, 0.5) is 0 Å². The van der Waals surface area contributed by atoms with Gasteiger partial charge in [0.1, 0.15) is 0 Å². The van der Waals surface area contributed by atoms with E-state index < -0.39 is 0 Å². The molecule has 0 atom stereocenters. The van der Waals surface area contributed by atoms with E-state index in [1.165, 1.54) is 312 Å². The highest BCUT2D eigenvalue weighted by Crippen LogP contribution is 2.57. The molecule has 0 aliphatic carbocycles. The molecule has 0 spiro atoms. The van der Waals surface area contributed by atoms with Gasteiger partial charge in [0, 0.05) is 86.2 Å². The van der Waals surface area contributed by atoms with Crippen LogP contribution in [0.1, 0.15) is 44.5 Å². The SMILES string of the molecule is Cc1ccc2c(c1)c1cc(C)cc3c4cc5c(-c6ccc(-c7ccc(-c8ccc(-c9c%10cc%11c%12cc(C)cc%13c%14cc(C)ccc%14n(c%11cc%10c(-c%10ccccc%10-c%10ccccc%10)c%10cc%11c%14cc(C)cc%15c%16cc(C)ccc%16n(c%11cc9%10)c%15%14)c%13%12)c(-c9ccccc9)c8)cc7)cc6)c6cc7c(cc6c(-c6ccc(-c8ccccc8)cc6)c5cc4n2c13)c1cc(C)cc2c3cc(C)ccc3n7c21. The van der Waals surface area contributed by atoms with Gasteiger partial charge in [-0.1, -0.05) is 247 Å². The molecule has 30 rings (SSSR count). The summed E-state index contributed by atoms with van der Waals surface area (Å²) in [6, 6.07) is 146. The van der Waals surface area contributed by atoms with Crippen molar-refractivity contribution < 1.29 is 0 Å². The monoisotopic (exact) mass is 1730 g/mol. The predicted octanol–water partition coefficient (Wildman–Crippen LogP) is 36.4. The molecular weight excluding hydrogens is 1640 g/mol. The van der Waals surface area contributed by atoms with Gasteiger partial charge in [0.15, 0.2) is 0 Å². The van der Waals surface area contributed by atoms with Crippen molar-refractivity contribution in [2.45, 2.75) is 55.4 Å². The van der Waals surface area contributed by atoms with E-state index in [0.29, 0.717) is 0 Å². The topological polar surface area (TPSA) is 17.6 Å². The van der Waals surface area contributed by atoms with Gasteiger partial charge in [-0.15, -0.1) is 0 Å². The highest BCUT2D eigenvalue weighted by Gasteiger charge is 2.32. The van der Waals surface area contributed by atoms with Gasteiger partial charge < -0.3 is 17.6 Å². The van der Waals surface area contributed by atoms with E-state index >= 15 is 0 Å². The van der Waals surface area contributed by atoms with Crippen LogP contribution in [-0.2, 0) is 0 Å². The fraction of sp³-hybridized carbons (Fsp3) is 0.0606. The van der Waals surface area contributed by atoms with Crippen LogP contribution in [0.15, 0.2) is 376 Å². The van der Waals surface area contributed by atoms with Crippen molar-refractivity contribution >= 4 is 195 Å². The first-order chi connectivity index (χ1) is 66.7. The highest BCUT2D eigenvalue weighted by atomic mass is 14.9. The van der Waals surface area contributed by atoms with Gasteiger partial charge in [-0.25, -0.2) is 0 Å². The zero-order valence-corrected chi connectivity index (χ0v) is 76.6. The van der Waals surface area contributed by atoms with Gasteiger partial charge in [0.25, 0.3) is 0 Å². The van der Waals surface area contributed by atoms with E-state index in [2.05, 4.69) is 449 Å². The van der Waals surface area contributed by atoms with Crippen LogP contribution in [0.2, 0.25) is 0 Å². The fourth-order valence-electron chi connectivity index (χ4n) is 25.4. The first kappa shape index (κ1) is 75.7. The number of aryl methyl sites for hydroxylation is 8. The molecule has 0 aliphatic rings. The molecule has 0 unspecified atom stereocenters. The lowest BCUT2D eigenvalue weighted by molar-refractivity contribution is 1.36. The largest absolute Gasteiger partial charge is 0.308 e. The highest BCUT2D eigenvalue weighted by molar-refractivity contribution is 6.36. The van der Waals surface area contributed by atoms with Crippen LogP contribution < -0.4 is 0 Å². The molecule has 8 aromatic heterocycles. The molecule has 0 saturated carbocycles. The standard InChI is InChI=1S/C132H86N4/c1-71-28-46-117-93(50-71)110-55-76(6)59-114-98-64-102-105(67-121(98)133(117)130(110)114)125(86-40-36-80(37-41-86)79-20-12-9-13-21-79)101-63-97-113-58-75(5)54-109-94-51-72(2)29-47-118(94)134(129(109)113)122(97)68-106(101)126(102)87-42-38-82(39-43-87)81-32-34-83(35-33-81)88-44-45-91(92(62-88)85-24-16-11-17-25-85)128-104-66-100-116-61-78(8)57-112-95-52-73(3)30-48-119(95)135(132(112)116)123(100)69-107(104)127(90-27-19-18-26-89(90)84-22-14-10-15-23-84)103-65-99-115-60-77(7)56-111-96-53-74(4)31-49-120(96)136(131(111)115)124(99)70-108(103)128/h9-70H,1-8H3. The van der Waals surface area contributed by atoms with Crippen LogP contribution in [0.3, 0.4) is 0 Å². The summed E-state index contributed by atoms with van der Waals surface area (Å²) in [7, 11) is 0. The average molecular weight is 1730 g/mol. The van der Waals surface area contributed by atoms with Crippen molar-refractivity contribution in [2.24, 2.45) is 0 Å². The predicted molar refractivity (Wildman–Crippen MR) is 582 cm³/mol. The van der Waals surface area contributed by atoms with E-state index in [0.717, 1.165) is 27.8 Å². The van der Waals surface area contributed by atoms with Crippen molar-refractivity contribution in [3.8, 4) is 100 Å². The lowest BCUT2D eigenvalue weighted by Crippen LogP contribution is -1.96. The Hall–Kier alpha value is -16.9. The molecule has 0 N–H and O–H groups in total. The Bertz CT molecular complexity index is 10500. The summed E-state index contributed by atoms with van der Waals surface area (Å²) in [5, 5.41) is 30.3. The van der Waals surface area contributed by atoms with Crippen molar-refractivity contribution in [2.75, 3.05) is 0 Å². The third kappa shape index (κ3) is 10.4. The van der Waals surface area contributed by atoms with Crippen molar-refractivity contribution in [1.82, 2.24) is 17.6 Å². The number of rotatable bonds is 9. The summed E-state index contributed by atoms with van der Waals surface area (Å²) in [5.74, 6) is 0. The molecule has 0 fully saturated rings. The second-order valence-electron chi connectivity index (χ2n) is 39.6. The maximum absolute atomic E-state index is 2.60. The Morgan fingerprint density at radius 3 is 0.662 bits per heavy atom. The van der Waals surface area contributed by atoms with Gasteiger partial charge in [-0.2, -0.15) is 0 Å². The molecule has 0 aliphatic heterocycles. The molecule has 8 heterocycles. The van der Waals surface area contributed by atoms with Crippen molar-refractivity contribution in [1.29, 1.82) is 0 Å². The summed E-state index contributed by atoms with van der Waals surface area (Å²) in [4.78, 5) is 0. The van der Waals surface area contributed by atoms with Crippen LogP contribution >= 0.6 is 0 Å². The first-order valence-electron chi connectivity index (χ1n) is 47.9. The van der Waals surface area contributed by atoms with Crippen molar-refractivity contribution in [3.63, 3.8) is 0 Å². The average Bonchev–Trinajstić information content (AvgIpc) is 1.51. The number of aromatic nitrogens is 4. The molecule has 634 valence electrons. The second kappa shape index (κ2) is 27.4. The van der Waals surface area contributed by atoms with E-state index in [1.807, 2.05) is 0 Å². The Morgan fingerprint density at radius 2 is 0.338 bits per heavy atom. The molecule has 22 aromatic carbocycles. The Balaban J connectivity index is 0.634. The molecule has 4 heteroatoms. The molecular formula is C132H86N4. The number of hydrogen-bond donors (Lipinski definition) is 0. The number of benzene rings is 22. The molecule has 136 heavy (non-hydrogen) atoms. The molecule has 4 nitrogen and oxygen atoms in total. The lowest BCUT2D eigenvalue weighted by atomic mass is 9.81. The minimum atomic E-state index is 1.15. The quantitative estimate of drug-likeness (QED) is 0.128. The van der Waals surface area contributed by atoms with Gasteiger partial charge in [0.2, 0.25) is 0 Å². The molecule has 0 saturated heterocycles. The zero-order valence-electron chi connectivity index (χ0n) is 76.6. The maximum Gasteiger partial charge on any atom is 0.0620 e. The van der Waals surface area contributed by atoms with Gasteiger partial charge >= 0.3 is 0 Å². The van der Waals surface area contributed by atoms with E-state index in [-0.39, 0.29) is 0 Å². The van der Waals surface area contributed by atoms with E-state index in [9.17, 15) is 0 Å². The van der Waals surface area contributed by atoms with Gasteiger partial charge in [-0.3, -0.25) is 0 Å². The van der Waals surface area contributed by atoms with Crippen LogP contribution in [0.5, 0.6) is 0 Å². The van der Waals surface area contributed by atoms with Crippen molar-refractivity contribution in [3.05, 3.63) is 421 Å². The smallest absolute Gasteiger partial charge is 0.0620 e. The zero-order chi connectivity index (χ0) is 89.9. The Kier molecular flexibility index (Phi) is 15.3. The summed E-state index contributed by atoms with van der Waals surface area (Å²) in [5.41, 5.74) is 46.3.